The molecular weight excluding hydrogens is 286 g/mol. The first-order chi connectivity index (χ1) is 8.60. The number of sulfonamides is 1. The van der Waals surface area contributed by atoms with Gasteiger partial charge in [0.1, 0.15) is 0 Å². The van der Waals surface area contributed by atoms with Gasteiger partial charge in [0.05, 0.1) is 9.88 Å². The van der Waals surface area contributed by atoms with Crippen LogP contribution in [0.3, 0.4) is 0 Å². The van der Waals surface area contributed by atoms with Crippen molar-refractivity contribution in [3.8, 4) is 10.7 Å². The van der Waals surface area contributed by atoms with E-state index >= 15 is 0 Å². The van der Waals surface area contributed by atoms with Gasteiger partial charge in [-0.2, -0.15) is 0 Å². The number of rotatable bonds is 2. The highest BCUT2D eigenvalue weighted by Gasteiger charge is 2.29. The van der Waals surface area contributed by atoms with Gasteiger partial charge in [0.25, 0.3) is 15.2 Å². The molecule has 0 aliphatic rings. The first-order valence-corrected chi connectivity index (χ1v) is 7.88. The fourth-order valence-electron chi connectivity index (χ4n) is 1.68. The van der Waals surface area contributed by atoms with Gasteiger partial charge in [-0.1, -0.05) is 0 Å². The van der Waals surface area contributed by atoms with E-state index in [-0.39, 0.29) is 5.16 Å². The first-order valence-electron chi connectivity index (χ1n) is 5.52. The fourth-order valence-corrected chi connectivity index (χ4v) is 3.21. The molecule has 2 heterocycles. The molecular formula is C10H15N5O2S2. The lowest BCUT2D eigenvalue weighted by atomic mass is 10.1. The van der Waals surface area contributed by atoms with Crippen LogP contribution in [0.5, 0.6) is 0 Å². The van der Waals surface area contributed by atoms with E-state index in [2.05, 4.69) is 15.2 Å². The van der Waals surface area contributed by atoms with Gasteiger partial charge in [-0.15, -0.1) is 21.5 Å². The zero-order valence-corrected chi connectivity index (χ0v) is 12.7. The summed E-state index contributed by atoms with van der Waals surface area (Å²) in [6.07, 6.45) is 1.65. The van der Waals surface area contributed by atoms with Gasteiger partial charge in [-0.05, 0) is 27.7 Å². The Morgan fingerprint density at radius 1 is 1.32 bits per heavy atom. The maximum atomic E-state index is 11.6. The Balaban J connectivity index is 2.74. The molecule has 2 N–H and O–H groups in total. The number of nitrogens with zero attached hydrogens (tertiary/aromatic N) is 4. The Bertz CT molecular complexity index is 709. The van der Waals surface area contributed by atoms with Crippen LogP contribution in [0.4, 0.5) is 0 Å². The van der Waals surface area contributed by atoms with Crippen molar-refractivity contribution in [2.75, 3.05) is 0 Å². The Morgan fingerprint density at radius 3 is 2.37 bits per heavy atom. The van der Waals surface area contributed by atoms with Gasteiger partial charge in [0, 0.05) is 11.7 Å². The molecule has 0 radical (unpaired) electrons. The molecule has 0 amide bonds. The largest absolute Gasteiger partial charge is 0.291 e. The molecule has 0 bridgehead atoms. The van der Waals surface area contributed by atoms with E-state index in [1.54, 1.807) is 6.20 Å². The van der Waals surface area contributed by atoms with Crippen LogP contribution in [0.1, 0.15) is 25.8 Å². The molecule has 0 atom stereocenters. The Kier molecular flexibility index (Phi) is 3.23. The standard InChI is InChI=1S/C10H15N5O2S2/c1-6-12-5-7(18-6)8-13-14-9(19(11,16)17)15(8)10(2,3)4/h5H,1-4H3,(H2,11,16,17). The Morgan fingerprint density at radius 2 is 1.95 bits per heavy atom. The summed E-state index contributed by atoms with van der Waals surface area (Å²) in [6.45, 7) is 7.46. The van der Waals surface area contributed by atoms with Gasteiger partial charge >= 0.3 is 0 Å². The zero-order chi connectivity index (χ0) is 14.4. The number of aromatic nitrogens is 4. The van der Waals surface area contributed by atoms with Crippen LogP contribution in [0.15, 0.2) is 11.4 Å². The van der Waals surface area contributed by atoms with E-state index < -0.39 is 15.6 Å². The van der Waals surface area contributed by atoms with E-state index in [1.165, 1.54) is 15.9 Å². The van der Waals surface area contributed by atoms with Gasteiger partial charge < -0.3 is 0 Å². The van der Waals surface area contributed by atoms with E-state index in [0.717, 1.165) is 9.88 Å². The van der Waals surface area contributed by atoms with Crippen molar-refractivity contribution in [1.82, 2.24) is 19.7 Å². The van der Waals surface area contributed by atoms with Crippen LogP contribution in [-0.2, 0) is 15.6 Å². The number of nitrogens with two attached hydrogens (primary N) is 1. The van der Waals surface area contributed by atoms with Crippen LogP contribution in [0.2, 0.25) is 0 Å². The second-order valence-electron chi connectivity index (χ2n) is 5.10. The fraction of sp³-hybridized carbons (Fsp3) is 0.500. The average Bonchev–Trinajstić information content (AvgIpc) is 2.79. The summed E-state index contributed by atoms with van der Waals surface area (Å²) in [5.41, 5.74) is -0.515. The third-order valence-electron chi connectivity index (χ3n) is 2.40. The predicted octanol–water partition coefficient (Wildman–Crippen LogP) is 1.11. The van der Waals surface area contributed by atoms with Crippen molar-refractivity contribution in [3.63, 3.8) is 0 Å². The molecule has 0 fully saturated rings. The van der Waals surface area contributed by atoms with E-state index in [4.69, 9.17) is 5.14 Å². The highest BCUT2D eigenvalue weighted by molar-refractivity contribution is 7.89. The molecule has 2 aromatic rings. The van der Waals surface area contributed by atoms with Crippen LogP contribution in [0, 0.1) is 6.92 Å². The van der Waals surface area contributed by atoms with Crippen molar-refractivity contribution in [2.24, 2.45) is 5.14 Å². The van der Waals surface area contributed by atoms with Crippen molar-refractivity contribution < 1.29 is 8.42 Å². The number of aryl methyl sites for hydroxylation is 1. The second-order valence-corrected chi connectivity index (χ2v) is 7.79. The topological polar surface area (TPSA) is 104 Å². The van der Waals surface area contributed by atoms with Crippen molar-refractivity contribution in [3.05, 3.63) is 11.2 Å². The van der Waals surface area contributed by atoms with Gasteiger partial charge in [0.2, 0.25) is 0 Å². The third-order valence-corrected chi connectivity index (χ3v) is 4.08. The second kappa shape index (κ2) is 4.36. The minimum atomic E-state index is -3.92. The smallest absolute Gasteiger partial charge is 0.273 e. The van der Waals surface area contributed by atoms with Crippen molar-refractivity contribution in [2.45, 2.75) is 38.4 Å². The molecule has 0 aliphatic heterocycles. The van der Waals surface area contributed by atoms with Crippen molar-refractivity contribution >= 4 is 21.4 Å². The molecule has 0 saturated carbocycles. The molecule has 104 valence electrons. The molecule has 0 unspecified atom stereocenters. The normalized spacial score (nSPS) is 12.9. The maximum Gasteiger partial charge on any atom is 0.273 e. The average molecular weight is 301 g/mol. The van der Waals surface area contributed by atoms with Gasteiger partial charge in [-0.25, -0.2) is 18.5 Å². The lowest BCUT2D eigenvalue weighted by molar-refractivity contribution is 0.366. The Hall–Kier alpha value is -1.32. The zero-order valence-electron chi connectivity index (χ0n) is 11.1. The SMILES string of the molecule is Cc1ncc(-c2nnc(S(N)(=O)=O)n2C(C)(C)C)s1. The summed E-state index contributed by atoms with van der Waals surface area (Å²) in [5.74, 6) is 0.460. The third kappa shape index (κ3) is 2.67. The summed E-state index contributed by atoms with van der Waals surface area (Å²) in [4.78, 5) is 4.90. The quantitative estimate of drug-likeness (QED) is 0.895. The molecule has 0 spiro atoms. The minimum absolute atomic E-state index is 0.235. The van der Waals surface area contributed by atoms with Gasteiger partial charge in [-0.3, -0.25) is 4.57 Å². The number of thiazole rings is 1. The van der Waals surface area contributed by atoms with Gasteiger partial charge in [0.15, 0.2) is 5.82 Å². The molecule has 7 nitrogen and oxygen atoms in total. The Labute approximate surface area is 115 Å². The summed E-state index contributed by atoms with van der Waals surface area (Å²) < 4.78 is 24.7. The summed E-state index contributed by atoms with van der Waals surface area (Å²) in [7, 11) is -3.92. The predicted molar refractivity (Wildman–Crippen MR) is 72.2 cm³/mol. The lowest BCUT2D eigenvalue weighted by Crippen LogP contribution is -2.29. The monoisotopic (exact) mass is 301 g/mol. The molecule has 2 aromatic heterocycles. The number of primary sulfonamides is 1. The van der Waals surface area contributed by atoms with Crippen LogP contribution in [-0.4, -0.2) is 28.2 Å². The van der Waals surface area contributed by atoms with E-state index in [9.17, 15) is 8.42 Å². The molecule has 19 heavy (non-hydrogen) atoms. The molecule has 2 rings (SSSR count). The molecule has 0 aliphatic carbocycles. The van der Waals surface area contributed by atoms with Crippen molar-refractivity contribution in [1.29, 1.82) is 0 Å². The first kappa shape index (κ1) is 14.1. The summed E-state index contributed by atoms with van der Waals surface area (Å²) in [6, 6.07) is 0. The molecule has 0 saturated heterocycles. The van der Waals surface area contributed by atoms with Crippen LogP contribution < -0.4 is 5.14 Å². The maximum absolute atomic E-state index is 11.6. The van der Waals surface area contributed by atoms with E-state index in [1.807, 2.05) is 27.7 Å². The minimum Gasteiger partial charge on any atom is -0.291 e. The number of hydrogen-bond acceptors (Lipinski definition) is 6. The highest BCUT2D eigenvalue weighted by atomic mass is 32.2. The highest BCUT2D eigenvalue weighted by Crippen LogP contribution is 2.30. The summed E-state index contributed by atoms with van der Waals surface area (Å²) in [5, 5.41) is 13.5. The lowest BCUT2D eigenvalue weighted by Gasteiger charge is -2.23. The van der Waals surface area contributed by atoms with Crippen LogP contribution in [0.25, 0.3) is 10.7 Å². The van der Waals surface area contributed by atoms with Crippen LogP contribution >= 0.6 is 11.3 Å². The number of hydrogen-bond donors (Lipinski definition) is 1. The molecule has 0 aromatic carbocycles. The van der Waals surface area contributed by atoms with E-state index in [0.29, 0.717) is 5.82 Å². The summed E-state index contributed by atoms with van der Waals surface area (Å²) >= 11 is 1.42. The molecule has 9 heteroatoms.